The third kappa shape index (κ3) is 2.66. The summed E-state index contributed by atoms with van der Waals surface area (Å²) in [5, 5.41) is 2.94. The van der Waals surface area contributed by atoms with Crippen LogP contribution in [0.5, 0.6) is 0 Å². The Balaban J connectivity index is 3.29. The second-order valence-corrected chi connectivity index (χ2v) is 4.22. The zero-order chi connectivity index (χ0) is 12.6. The van der Waals surface area contributed by atoms with Gasteiger partial charge in [0.1, 0.15) is 0 Å². The number of anilines is 1. The lowest BCUT2D eigenvalue weighted by molar-refractivity contribution is -0.137. The molecule has 0 aliphatic carbocycles. The molecule has 1 aromatic carbocycles. The lowest BCUT2D eigenvalue weighted by Gasteiger charge is -2.26. The molecule has 3 N–H and O–H groups in total. The number of alkyl halides is 3. The predicted molar refractivity (Wildman–Crippen MR) is 57.9 cm³/mol. The van der Waals surface area contributed by atoms with Crippen LogP contribution in [0.3, 0.4) is 0 Å². The average molecular weight is 232 g/mol. The van der Waals surface area contributed by atoms with Crippen LogP contribution >= 0.6 is 0 Å². The van der Waals surface area contributed by atoms with Crippen molar-refractivity contribution in [2.45, 2.75) is 25.6 Å². The summed E-state index contributed by atoms with van der Waals surface area (Å²) in [6, 6.07) is 3.60. The molecular weight excluding hydrogens is 217 g/mol. The van der Waals surface area contributed by atoms with Gasteiger partial charge in [0.15, 0.2) is 0 Å². The maximum absolute atomic E-state index is 12.6. The van der Waals surface area contributed by atoms with Gasteiger partial charge >= 0.3 is 6.18 Å². The molecule has 0 atom stereocenters. The summed E-state index contributed by atoms with van der Waals surface area (Å²) >= 11 is 0. The lowest BCUT2D eigenvalue weighted by Crippen LogP contribution is -2.33. The maximum Gasteiger partial charge on any atom is 0.416 e. The van der Waals surface area contributed by atoms with Crippen molar-refractivity contribution >= 4 is 5.69 Å². The van der Waals surface area contributed by atoms with Crippen molar-refractivity contribution < 1.29 is 13.2 Å². The summed E-state index contributed by atoms with van der Waals surface area (Å²) in [7, 11) is 1.69. The first-order valence-corrected chi connectivity index (χ1v) is 4.84. The van der Waals surface area contributed by atoms with Gasteiger partial charge in [-0.05, 0) is 44.7 Å². The van der Waals surface area contributed by atoms with E-state index in [-0.39, 0.29) is 5.69 Å². The van der Waals surface area contributed by atoms with E-state index in [9.17, 15) is 13.2 Å². The van der Waals surface area contributed by atoms with E-state index in [0.717, 1.165) is 12.1 Å². The van der Waals surface area contributed by atoms with Crippen molar-refractivity contribution in [1.82, 2.24) is 5.32 Å². The number of hydrogen-bond acceptors (Lipinski definition) is 2. The van der Waals surface area contributed by atoms with Gasteiger partial charge in [-0.1, -0.05) is 0 Å². The highest BCUT2D eigenvalue weighted by Gasteiger charge is 2.32. The fourth-order valence-electron chi connectivity index (χ4n) is 1.32. The zero-order valence-corrected chi connectivity index (χ0v) is 9.44. The minimum Gasteiger partial charge on any atom is -0.399 e. The molecule has 0 saturated carbocycles. The van der Waals surface area contributed by atoms with Gasteiger partial charge in [-0.15, -0.1) is 0 Å². The first kappa shape index (κ1) is 12.8. The van der Waals surface area contributed by atoms with E-state index in [4.69, 9.17) is 5.73 Å². The van der Waals surface area contributed by atoms with Gasteiger partial charge < -0.3 is 11.1 Å². The standard InChI is InChI=1S/C11H15F3N2/c1-10(2,16-3)7-4-8(11(12,13)14)6-9(15)5-7/h4-6,16H,15H2,1-3H3. The van der Waals surface area contributed by atoms with E-state index in [1.54, 1.807) is 27.0 Å². The molecule has 0 aliphatic heterocycles. The second-order valence-electron chi connectivity index (χ2n) is 4.22. The van der Waals surface area contributed by atoms with Crippen molar-refractivity contribution in [3.8, 4) is 0 Å². The van der Waals surface area contributed by atoms with Gasteiger partial charge in [0.05, 0.1) is 5.56 Å². The van der Waals surface area contributed by atoms with Crippen LogP contribution in [-0.4, -0.2) is 7.05 Å². The van der Waals surface area contributed by atoms with E-state index >= 15 is 0 Å². The molecule has 0 saturated heterocycles. The highest BCUT2D eigenvalue weighted by Crippen LogP contribution is 2.33. The van der Waals surface area contributed by atoms with Gasteiger partial charge in [0, 0.05) is 11.2 Å². The van der Waals surface area contributed by atoms with Crippen LogP contribution in [0.25, 0.3) is 0 Å². The number of hydrogen-bond donors (Lipinski definition) is 2. The van der Waals surface area contributed by atoms with Gasteiger partial charge in [-0.2, -0.15) is 13.2 Å². The predicted octanol–water partition coefficient (Wildman–Crippen LogP) is 2.74. The van der Waals surface area contributed by atoms with Crippen molar-refractivity contribution in [3.63, 3.8) is 0 Å². The van der Waals surface area contributed by atoms with Gasteiger partial charge in [0.2, 0.25) is 0 Å². The van der Waals surface area contributed by atoms with Gasteiger partial charge in [-0.3, -0.25) is 0 Å². The van der Waals surface area contributed by atoms with Crippen LogP contribution in [-0.2, 0) is 11.7 Å². The molecule has 0 amide bonds. The summed E-state index contributed by atoms with van der Waals surface area (Å²) < 4.78 is 37.7. The second kappa shape index (κ2) is 3.97. The number of nitrogens with one attached hydrogen (secondary N) is 1. The van der Waals surface area contributed by atoms with Crippen LogP contribution < -0.4 is 11.1 Å². The maximum atomic E-state index is 12.6. The Bertz CT molecular complexity index is 383. The molecule has 0 aliphatic rings. The summed E-state index contributed by atoms with van der Waals surface area (Å²) in [4.78, 5) is 0. The first-order chi connectivity index (χ1) is 7.16. The Labute approximate surface area is 92.6 Å². The Morgan fingerprint density at radius 1 is 1.06 bits per heavy atom. The minimum atomic E-state index is -4.37. The number of rotatable bonds is 2. The lowest BCUT2D eigenvalue weighted by atomic mass is 9.92. The van der Waals surface area contributed by atoms with Crippen LogP contribution in [0.2, 0.25) is 0 Å². The molecule has 0 unspecified atom stereocenters. The molecule has 0 spiro atoms. The summed E-state index contributed by atoms with van der Waals surface area (Å²) in [5.74, 6) is 0. The first-order valence-electron chi connectivity index (χ1n) is 4.84. The third-order valence-corrected chi connectivity index (χ3v) is 2.63. The molecule has 90 valence electrons. The van der Waals surface area contributed by atoms with E-state index in [1.165, 1.54) is 0 Å². The average Bonchev–Trinajstić information content (AvgIpc) is 2.15. The van der Waals surface area contributed by atoms with Crippen LogP contribution in [0, 0.1) is 0 Å². The Kier molecular flexibility index (Phi) is 3.19. The van der Waals surface area contributed by atoms with Gasteiger partial charge in [-0.25, -0.2) is 0 Å². The SMILES string of the molecule is CNC(C)(C)c1cc(N)cc(C(F)(F)F)c1. The highest BCUT2D eigenvalue weighted by molar-refractivity contribution is 5.47. The topological polar surface area (TPSA) is 38.0 Å². The molecular formula is C11H15F3N2. The van der Waals surface area contributed by atoms with Crippen LogP contribution in [0.4, 0.5) is 18.9 Å². The molecule has 5 heteroatoms. The Morgan fingerprint density at radius 2 is 1.56 bits per heavy atom. The number of halogens is 3. The van der Waals surface area contributed by atoms with Crippen molar-refractivity contribution in [2.24, 2.45) is 0 Å². The van der Waals surface area contributed by atoms with E-state index < -0.39 is 17.3 Å². The monoisotopic (exact) mass is 232 g/mol. The smallest absolute Gasteiger partial charge is 0.399 e. The van der Waals surface area contributed by atoms with Crippen LogP contribution in [0.1, 0.15) is 25.0 Å². The van der Waals surface area contributed by atoms with E-state index in [0.29, 0.717) is 5.56 Å². The van der Waals surface area contributed by atoms with Gasteiger partial charge in [0.25, 0.3) is 0 Å². The van der Waals surface area contributed by atoms with Crippen molar-refractivity contribution in [2.75, 3.05) is 12.8 Å². The summed E-state index contributed by atoms with van der Waals surface area (Å²) in [5.41, 5.74) is 4.85. The fraction of sp³-hybridized carbons (Fsp3) is 0.455. The fourth-order valence-corrected chi connectivity index (χ4v) is 1.32. The molecule has 0 bridgehead atoms. The normalized spacial score (nSPS) is 12.9. The molecule has 0 radical (unpaired) electrons. The van der Waals surface area contributed by atoms with Crippen molar-refractivity contribution in [3.05, 3.63) is 29.3 Å². The molecule has 1 rings (SSSR count). The zero-order valence-electron chi connectivity index (χ0n) is 9.44. The molecule has 0 aromatic heterocycles. The summed E-state index contributed by atoms with van der Waals surface area (Å²) in [6.45, 7) is 3.59. The Morgan fingerprint density at radius 3 is 2.00 bits per heavy atom. The minimum absolute atomic E-state index is 0.119. The van der Waals surface area contributed by atoms with Crippen molar-refractivity contribution in [1.29, 1.82) is 0 Å². The Hall–Kier alpha value is -1.23. The molecule has 2 nitrogen and oxygen atoms in total. The summed E-state index contributed by atoms with van der Waals surface area (Å²) in [6.07, 6.45) is -4.37. The number of nitrogen functional groups attached to an aromatic ring is 1. The highest BCUT2D eigenvalue weighted by atomic mass is 19.4. The molecule has 1 aromatic rings. The number of nitrogens with two attached hydrogens (primary N) is 1. The number of benzene rings is 1. The van der Waals surface area contributed by atoms with E-state index in [2.05, 4.69) is 5.32 Å². The quantitative estimate of drug-likeness (QED) is 0.769. The molecule has 0 heterocycles. The molecule has 0 fully saturated rings. The van der Waals surface area contributed by atoms with E-state index in [1.807, 2.05) is 0 Å². The molecule has 16 heavy (non-hydrogen) atoms. The van der Waals surface area contributed by atoms with Crippen LogP contribution in [0.15, 0.2) is 18.2 Å². The largest absolute Gasteiger partial charge is 0.416 e. The third-order valence-electron chi connectivity index (χ3n) is 2.63.